The Morgan fingerprint density at radius 3 is 2.44 bits per heavy atom. The van der Waals surface area contributed by atoms with Crippen molar-refractivity contribution in [2.45, 2.75) is 18.7 Å². The van der Waals surface area contributed by atoms with E-state index < -0.39 is 20.6 Å². The number of nitro benzene ring substituents is 1. The van der Waals surface area contributed by atoms with E-state index in [0.29, 0.717) is 18.7 Å². The average Bonchev–Trinajstić information content (AvgIpc) is 2.62. The molecule has 10 heteroatoms. The lowest BCUT2D eigenvalue weighted by Gasteiger charge is -2.19. The second kappa shape index (κ2) is 8.36. The van der Waals surface area contributed by atoms with Crippen LogP contribution in [0.4, 0.5) is 11.4 Å². The molecule has 0 atom stereocenters. The highest BCUT2D eigenvalue weighted by molar-refractivity contribution is 7.92. The summed E-state index contributed by atoms with van der Waals surface area (Å²) in [6, 6.07) is 9.25. The first-order valence-corrected chi connectivity index (χ1v) is 9.91. The summed E-state index contributed by atoms with van der Waals surface area (Å²) in [5, 5.41) is 10.8. The summed E-state index contributed by atoms with van der Waals surface area (Å²) < 4.78 is 27.4. The normalized spacial score (nSPS) is 11.1. The fourth-order valence-electron chi connectivity index (χ4n) is 2.42. The van der Waals surface area contributed by atoms with Crippen molar-refractivity contribution in [2.24, 2.45) is 0 Å². The van der Waals surface area contributed by atoms with Crippen LogP contribution in [-0.4, -0.2) is 37.2 Å². The lowest BCUT2D eigenvalue weighted by atomic mass is 10.2. The van der Waals surface area contributed by atoms with Gasteiger partial charge in [0, 0.05) is 30.4 Å². The van der Waals surface area contributed by atoms with E-state index in [2.05, 4.69) is 4.72 Å². The average molecular weight is 412 g/mol. The highest BCUT2D eigenvalue weighted by Crippen LogP contribution is 2.28. The molecule has 0 aliphatic carbocycles. The van der Waals surface area contributed by atoms with E-state index in [0.717, 1.165) is 12.1 Å². The lowest BCUT2D eigenvalue weighted by molar-refractivity contribution is -0.384. The third kappa shape index (κ3) is 4.75. The molecule has 144 valence electrons. The molecule has 1 N–H and O–H groups in total. The van der Waals surface area contributed by atoms with Gasteiger partial charge in [-0.2, -0.15) is 0 Å². The Morgan fingerprint density at radius 1 is 1.19 bits per heavy atom. The van der Waals surface area contributed by atoms with Crippen molar-refractivity contribution in [1.29, 1.82) is 0 Å². The summed E-state index contributed by atoms with van der Waals surface area (Å²) in [4.78, 5) is 23.9. The van der Waals surface area contributed by atoms with Crippen molar-refractivity contribution < 1.29 is 18.1 Å². The van der Waals surface area contributed by atoms with Crippen LogP contribution in [0.15, 0.2) is 47.4 Å². The van der Waals surface area contributed by atoms with Gasteiger partial charge in [-0.3, -0.25) is 19.6 Å². The van der Waals surface area contributed by atoms with Gasteiger partial charge in [0.1, 0.15) is 5.02 Å². The molecule has 2 aromatic rings. The first kappa shape index (κ1) is 20.7. The summed E-state index contributed by atoms with van der Waals surface area (Å²) in [5.41, 5.74) is -0.00315. The summed E-state index contributed by atoms with van der Waals surface area (Å²) in [7, 11) is -4.10. The number of halogens is 1. The number of hydrogen-bond acceptors (Lipinski definition) is 5. The zero-order valence-electron chi connectivity index (χ0n) is 14.7. The van der Waals surface area contributed by atoms with E-state index in [4.69, 9.17) is 11.6 Å². The molecule has 0 saturated carbocycles. The van der Waals surface area contributed by atoms with Gasteiger partial charge in [0.25, 0.3) is 21.6 Å². The van der Waals surface area contributed by atoms with Crippen LogP contribution < -0.4 is 4.72 Å². The Bertz CT molecular complexity index is 974. The molecule has 0 fully saturated rings. The number of anilines is 1. The van der Waals surface area contributed by atoms with Crippen molar-refractivity contribution in [2.75, 3.05) is 17.8 Å². The van der Waals surface area contributed by atoms with Crippen LogP contribution in [-0.2, 0) is 10.0 Å². The topological polar surface area (TPSA) is 110 Å². The Hall–Kier alpha value is -2.65. The summed E-state index contributed by atoms with van der Waals surface area (Å²) in [6.45, 7) is 4.75. The molecule has 27 heavy (non-hydrogen) atoms. The molecule has 0 spiro atoms. The van der Waals surface area contributed by atoms with Crippen LogP contribution in [0.1, 0.15) is 24.2 Å². The maximum absolute atomic E-state index is 12.5. The maximum Gasteiger partial charge on any atom is 0.289 e. The highest BCUT2D eigenvalue weighted by atomic mass is 35.5. The molecule has 0 aromatic heterocycles. The standard InChI is InChI=1S/C17H18ClN3O5S/c1-3-20(4-2)17(22)12-6-5-7-13(10-12)19-27(25,26)14-8-9-15(18)16(11-14)21(23)24/h5-11,19H,3-4H2,1-2H3. The molecule has 2 rings (SSSR count). The summed E-state index contributed by atoms with van der Waals surface area (Å²) >= 11 is 5.72. The van der Waals surface area contributed by atoms with Crippen LogP contribution in [0, 0.1) is 10.1 Å². The highest BCUT2D eigenvalue weighted by Gasteiger charge is 2.21. The quantitative estimate of drug-likeness (QED) is 0.553. The predicted octanol–water partition coefficient (Wildman–Crippen LogP) is 3.53. The number of carbonyl (C=O) groups is 1. The Balaban J connectivity index is 2.34. The molecule has 0 bridgehead atoms. The van der Waals surface area contributed by atoms with Crippen molar-refractivity contribution in [3.8, 4) is 0 Å². The van der Waals surface area contributed by atoms with E-state index in [9.17, 15) is 23.3 Å². The largest absolute Gasteiger partial charge is 0.339 e. The van der Waals surface area contributed by atoms with Gasteiger partial charge in [0.15, 0.2) is 0 Å². The maximum atomic E-state index is 12.5. The van der Waals surface area contributed by atoms with Crippen molar-refractivity contribution in [1.82, 2.24) is 4.90 Å². The fourth-order valence-corrected chi connectivity index (χ4v) is 3.68. The van der Waals surface area contributed by atoms with Gasteiger partial charge in [0.2, 0.25) is 0 Å². The number of nitrogens with zero attached hydrogens (tertiary/aromatic N) is 2. The van der Waals surface area contributed by atoms with E-state index >= 15 is 0 Å². The minimum absolute atomic E-state index is 0.161. The lowest BCUT2D eigenvalue weighted by Crippen LogP contribution is -2.30. The number of benzene rings is 2. The minimum atomic E-state index is -4.10. The molecular weight excluding hydrogens is 394 g/mol. The fraction of sp³-hybridized carbons (Fsp3) is 0.235. The van der Waals surface area contributed by atoms with Crippen LogP contribution >= 0.6 is 11.6 Å². The first-order chi connectivity index (χ1) is 12.7. The van der Waals surface area contributed by atoms with Crippen molar-refractivity contribution >= 4 is 38.9 Å². The van der Waals surface area contributed by atoms with E-state index in [1.54, 1.807) is 17.0 Å². The Kier molecular flexibility index (Phi) is 6.40. The second-order valence-corrected chi connectivity index (χ2v) is 7.62. The van der Waals surface area contributed by atoms with E-state index in [-0.39, 0.29) is 21.5 Å². The SMILES string of the molecule is CCN(CC)C(=O)c1cccc(NS(=O)(=O)c2ccc(Cl)c([N+](=O)[O-])c2)c1. The Morgan fingerprint density at radius 2 is 1.85 bits per heavy atom. The van der Waals surface area contributed by atoms with Crippen LogP contribution in [0.3, 0.4) is 0 Å². The summed E-state index contributed by atoms with van der Waals surface area (Å²) in [6.07, 6.45) is 0. The number of hydrogen-bond donors (Lipinski definition) is 1. The number of sulfonamides is 1. The van der Waals surface area contributed by atoms with Gasteiger partial charge in [0.05, 0.1) is 9.82 Å². The molecule has 0 aliphatic rings. The monoisotopic (exact) mass is 411 g/mol. The number of nitro groups is 1. The van der Waals surface area contributed by atoms with Crippen LogP contribution in [0.25, 0.3) is 0 Å². The van der Waals surface area contributed by atoms with Gasteiger partial charge in [-0.1, -0.05) is 17.7 Å². The zero-order chi connectivity index (χ0) is 20.2. The number of nitrogens with one attached hydrogen (secondary N) is 1. The first-order valence-electron chi connectivity index (χ1n) is 8.05. The zero-order valence-corrected chi connectivity index (χ0v) is 16.2. The number of rotatable bonds is 7. The molecule has 0 aliphatic heterocycles. The predicted molar refractivity (Wildman–Crippen MR) is 103 cm³/mol. The molecule has 0 saturated heterocycles. The molecule has 1 amide bonds. The number of amides is 1. The second-order valence-electron chi connectivity index (χ2n) is 5.53. The van der Waals surface area contributed by atoms with Gasteiger partial charge in [-0.05, 0) is 44.2 Å². The molecule has 0 heterocycles. The van der Waals surface area contributed by atoms with Gasteiger partial charge >= 0.3 is 0 Å². The minimum Gasteiger partial charge on any atom is -0.339 e. The number of carbonyl (C=O) groups excluding carboxylic acids is 1. The van der Waals surface area contributed by atoms with Gasteiger partial charge in [-0.25, -0.2) is 8.42 Å². The molecule has 8 nitrogen and oxygen atoms in total. The Labute approximate surface area is 162 Å². The van der Waals surface area contributed by atoms with E-state index in [1.165, 1.54) is 18.2 Å². The van der Waals surface area contributed by atoms with Crippen LogP contribution in [0.2, 0.25) is 5.02 Å². The molecule has 2 aromatic carbocycles. The van der Waals surface area contributed by atoms with E-state index in [1.807, 2.05) is 13.8 Å². The third-order valence-electron chi connectivity index (χ3n) is 3.84. The van der Waals surface area contributed by atoms with Crippen molar-refractivity contribution in [3.63, 3.8) is 0 Å². The molecular formula is C17H18ClN3O5S. The van der Waals surface area contributed by atoms with Gasteiger partial charge in [-0.15, -0.1) is 0 Å². The van der Waals surface area contributed by atoms with Crippen molar-refractivity contribution in [3.05, 3.63) is 63.2 Å². The smallest absolute Gasteiger partial charge is 0.289 e. The molecule has 0 radical (unpaired) electrons. The summed E-state index contributed by atoms with van der Waals surface area (Å²) in [5.74, 6) is -0.219. The van der Waals surface area contributed by atoms with Crippen LogP contribution in [0.5, 0.6) is 0 Å². The van der Waals surface area contributed by atoms with Gasteiger partial charge < -0.3 is 4.90 Å². The third-order valence-corrected chi connectivity index (χ3v) is 5.54. The molecule has 0 unspecified atom stereocenters.